The standard InChI is InChI=1S/C14H21N5/c1-11(2)9-19-14(17-10-18-19)8-16-12(3)13-5-4-6-15-7-13/h4-7,10-12,16H,8-9H2,1-3H3/t12-/m0/s1. The van der Waals surface area contributed by atoms with Gasteiger partial charge in [0, 0.05) is 25.0 Å². The Bertz CT molecular complexity index is 492. The molecule has 102 valence electrons. The van der Waals surface area contributed by atoms with Gasteiger partial charge in [-0.3, -0.25) is 4.98 Å². The Morgan fingerprint density at radius 3 is 2.84 bits per heavy atom. The van der Waals surface area contributed by atoms with Gasteiger partial charge in [-0.1, -0.05) is 19.9 Å². The summed E-state index contributed by atoms with van der Waals surface area (Å²) in [6.45, 7) is 8.09. The largest absolute Gasteiger partial charge is 0.303 e. The second-order valence-electron chi connectivity index (χ2n) is 5.14. The van der Waals surface area contributed by atoms with Crippen molar-refractivity contribution in [3.05, 3.63) is 42.2 Å². The minimum atomic E-state index is 0.248. The molecule has 19 heavy (non-hydrogen) atoms. The molecule has 1 atom stereocenters. The topological polar surface area (TPSA) is 55.6 Å². The van der Waals surface area contributed by atoms with E-state index in [4.69, 9.17) is 0 Å². The zero-order valence-electron chi connectivity index (χ0n) is 11.7. The van der Waals surface area contributed by atoms with Crippen molar-refractivity contribution < 1.29 is 0 Å². The molecule has 0 unspecified atom stereocenters. The predicted molar refractivity (Wildman–Crippen MR) is 74.4 cm³/mol. The van der Waals surface area contributed by atoms with Crippen molar-refractivity contribution in [3.63, 3.8) is 0 Å². The average molecular weight is 259 g/mol. The number of nitrogens with one attached hydrogen (secondary N) is 1. The first-order valence-electron chi connectivity index (χ1n) is 6.67. The van der Waals surface area contributed by atoms with Gasteiger partial charge in [-0.15, -0.1) is 0 Å². The fourth-order valence-electron chi connectivity index (χ4n) is 1.92. The lowest BCUT2D eigenvalue weighted by Crippen LogP contribution is -2.22. The van der Waals surface area contributed by atoms with E-state index in [0.717, 1.165) is 12.4 Å². The molecule has 0 bridgehead atoms. The lowest BCUT2D eigenvalue weighted by molar-refractivity contribution is 0.449. The fraction of sp³-hybridized carbons (Fsp3) is 0.500. The lowest BCUT2D eigenvalue weighted by atomic mass is 10.1. The molecule has 5 heteroatoms. The molecule has 0 radical (unpaired) electrons. The van der Waals surface area contributed by atoms with Crippen LogP contribution in [0.1, 0.15) is 38.2 Å². The number of hydrogen-bond acceptors (Lipinski definition) is 4. The Morgan fingerprint density at radius 1 is 1.32 bits per heavy atom. The summed E-state index contributed by atoms with van der Waals surface area (Å²) in [4.78, 5) is 8.44. The third-order valence-electron chi connectivity index (χ3n) is 2.98. The van der Waals surface area contributed by atoms with Crippen molar-refractivity contribution >= 4 is 0 Å². The summed E-state index contributed by atoms with van der Waals surface area (Å²) < 4.78 is 1.97. The van der Waals surface area contributed by atoms with Crippen molar-refractivity contribution in [2.24, 2.45) is 5.92 Å². The molecular weight excluding hydrogens is 238 g/mol. The van der Waals surface area contributed by atoms with Crippen LogP contribution in [0.3, 0.4) is 0 Å². The molecule has 2 aromatic rings. The third-order valence-corrected chi connectivity index (χ3v) is 2.98. The SMILES string of the molecule is CC(C)Cn1ncnc1CN[C@@H](C)c1cccnc1. The van der Waals surface area contributed by atoms with Crippen LogP contribution in [0.2, 0.25) is 0 Å². The van der Waals surface area contributed by atoms with Crippen LogP contribution in [0.25, 0.3) is 0 Å². The van der Waals surface area contributed by atoms with E-state index in [0.29, 0.717) is 12.5 Å². The van der Waals surface area contributed by atoms with Gasteiger partial charge in [-0.25, -0.2) is 9.67 Å². The lowest BCUT2D eigenvalue weighted by Gasteiger charge is -2.14. The van der Waals surface area contributed by atoms with Crippen LogP contribution in [0.5, 0.6) is 0 Å². The van der Waals surface area contributed by atoms with E-state index in [2.05, 4.69) is 47.2 Å². The highest BCUT2D eigenvalue weighted by atomic mass is 15.3. The Labute approximate surface area is 114 Å². The van der Waals surface area contributed by atoms with Gasteiger partial charge in [0.05, 0.1) is 6.54 Å². The molecule has 0 fully saturated rings. The molecule has 0 aromatic carbocycles. The maximum atomic E-state index is 4.31. The summed E-state index contributed by atoms with van der Waals surface area (Å²) in [6, 6.07) is 4.27. The van der Waals surface area contributed by atoms with Gasteiger partial charge < -0.3 is 5.32 Å². The Morgan fingerprint density at radius 2 is 2.16 bits per heavy atom. The quantitative estimate of drug-likeness (QED) is 0.864. The van der Waals surface area contributed by atoms with E-state index in [-0.39, 0.29) is 6.04 Å². The second-order valence-corrected chi connectivity index (χ2v) is 5.14. The summed E-state index contributed by atoms with van der Waals surface area (Å²) >= 11 is 0. The van der Waals surface area contributed by atoms with E-state index >= 15 is 0 Å². The van der Waals surface area contributed by atoms with Crippen LogP contribution in [0, 0.1) is 5.92 Å². The highest BCUT2D eigenvalue weighted by Gasteiger charge is 2.09. The summed E-state index contributed by atoms with van der Waals surface area (Å²) in [5.74, 6) is 1.54. The van der Waals surface area contributed by atoms with Crippen molar-refractivity contribution in [1.82, 2.24) is 25.1 Å². The molecule has 0 saturated carbocycles. The van der Waals surface area contributed by atoms with Crippen LogP contribution in [-0.4, -0.2) is 19.7 Å². The molecule has 0 aliphatic carbocycles. The molecule has 0 aliphatic heterocycles. The van der Waals surface area contributed by atoms with Gasteiger partial charge in [-0.05, 0) is 24.5 Å². The second kappa shape index (κ2) is 6.43. The van der Waals surface area contributed by atoms with Gasteiger partial charge in [0.15, 0.2) is 0 Å². The Kier molecular flexibility index (Phi) is 4.63. The fourth-order valence-corrected chi connectivity index (χ4v) is 1.92. The van der Waals surface area contributed by atoms with Crippen LogP contribution in [-0.2, 0) is 13.1 Å². The monoisotopic (exact) mass is 259 g/mol. The average Bonchev–Trinajstić information content (AvgIpc) is 2.83. The third kappa shape index (κ3) is 3.86. The van der Waals surface area contributed by atoms with Gasteiger partial charge in [0.25, 0.3) is 0 Å². The van der Waals surface area contributed by atoms with Crippen molar-refractivity contribution in [3.8, 4) is 0 Å². The molecule has 0 spiro atoms. The van der Waals surface area contributed by atoms with Crippen LogP contribution < -0.4 is 5.32 Å². The number of pyridine rings is 1. The first-order chi connectivity index (χ1) is 9.16. The number of hydrogen-bond donors (Lipinski definition) is 1. The smallest absolute Gasteiger partial charge is 0.140 e. The summed E-state index contributed by atoms with van der Waals surface area (Å²) in [5, 5.41) is 7.71. The predicted octanol–water partition coefficient (Wildman–Crippen LogP) is 2.18. The van der Waals surface area contributed by atoms with E-state index < -0.39 is 0 Å². The normalized spacial score (nSPS) is 12.8. The summed E-state index contributed by atoms with van der Waals surface area (Å²) in [7, 11) is 0. The molecular formula is C14H21N5. The van der Waals surface area contributed by atoms with Crippen molar-refractivity contribution in [2.45, 2.75) is 39.9 Å². The number of aromatic nitrogens is 4. The van der Waals surface area contributed by atoms with Gasteiger partial charge >= 0.3 is 0 Å². The minimum absolute atomic E-state index is 0.248. The van der Waals surface area contributed by atoms with Crippen LogP contribution in [0.4, 0.5) is 0 Å². The maximum absolute atomic E-state index is 4.31. The van der Waals surface area contributed by atoms with E-state index in [1.54, 1.807) is 12.5 Å². The molecule has 0 aliphatic rings. The number of rotatable bonds is 6. The van der Waals surface area contributed by atoms with Crippen LogP contribution >= 0.6 is 0 Å². The maximum Gasteiger partial charge on any atom is 0.140 e. The van der Waals surface area contributed by atoms with E-state index in [1.807, 2.05) is 16.9 Å². The Hall–Kier alpha value is -1.75. The van der Waals surface area contributed by atoms with Gasteiger partial charge in [0.2, 0.25) is 0 Å². The van der Waals surface area contributed by atoms with E-state index in [1.165, 1.54) is 5.56 Å². The minimum Gasteiger partial charge on any atom is -0.303 e. The molecule has 1 N–H and O–H groups in total. The molecule has 2 aromatic heterocycles. The van der Waals surface area contributed by atoms with Gasteiger partial charge in [0.1, 0.15) is 12.2 Å². The highest BCUT2D eigenvalue weighted by molar-refractivity contribution is 5.12. The molecule has 2 rings (SSSR count). The first kappa shape index (κ1) is 13.7. The van der Waals surface area contributed by atoms with Crippen molar-refractivity contribution in [2.75, 3.05) is 0 Å². The summed E-state index contributed by atoms with van der Waals surface area (Å²) in [6.07, 6.45) is 5.29. The molecule has 2 heterocycles. The van der Waals surface area contributed by atoms with Crippen molar-refractivity contribution in [1.29, 1.82) is 0 Å². The van der Waals surface area contributed by atoms with Crippen LogP contribution in [0.15, 0.2) is 30.9 Å². The van der Waals surface area contributed by atoms with E-state index in [9.17, 15) is 0 Å². The first-order valence-corrected chi connectivity index (χ1v) is 6.67. The Balaban J connectivity index is 1.94. The molecule has 5 nitrogen and oxygen atoms in total. The summed E-state index contributed by atoms with van der Waals surface area (Å²) in [5.41, 5.74) is 1.18. The zero-order chi connectivity index (χ0) is 13.7. The highest BCUT2D eigenvalue weighted by Crippen LogP contribution is 2.10. The van der Waals surface area contributed by atoms with Gasteiger partial charge in [-0.2, -0.15) is 5.10 Å². The molecule has 0 amide bonds. The number of nitrogens with zero attached hydrogens (tertiary/aromatic N) is 4. The zero-order valence-corrected chi connectivity index (χ0v) is 11.7. The molecule has 0 saturated heterocycles.